The molecule has 1 aromatic heterocycles. The molecule has 16 heavy (non-hydrogen) atoms. The lowest BCUT2D eigenvalue weighted by Gasteiger charge is -2.17. The predicted octanol–water partition coefficient (Wildman–Crippen LogP) is 3.63. The van der Waals surface area contributed by atoms with Crippen molar-refractivity contribution in [3.8, 4) is 0 Å². The van der Waals surface area contributed by atoms with Crippen LogP contribution in [0.25, 0.3) is 10.9 Å². The van der Waals surface area contributed by atoms with Crippen molar-refractivity contribution >= 4 is 39.2 Å². The van der Waals surface area contributed by atoms with Crippen LogP contribution in [-0.4, -0.2) is 10.5 Å². The highest BCUT2D eigenvalue weighted by Gasteiger charge is 2.14. The number of fused-ring (bicyclic) bond motifs is 1. The van der Waals surface area contributed by atoms with E-state index in [4.69, 9.17) is 5.73 Å². The number of benzene rings is 1. The van der Waals surface area contributed by atoms with Crippen LogP contribution in [0.5, 0.6) is 0 Å². The summed E-state index contributed by atoms with van der Waals surface area (Å²) in [6.45, 7) is 4.09. The van der Waals surface area contributed by atoms with Crippen LogP contribution >= 0.6 is 28.3 Å². The molecule has 3 N–H and O–H groups in total. The number of nitrogens with one attached hydrogen (secondary N) is 1. The average Bonchev–Trinajstić information content (AvgIpc) is 2.46. The Labute approximate surface area is 110 Å². The number of H-pyrrole nitrogens is 1. The van der Waals surface area contributed by atoms with Gasteiger partial charge in [-0.15, -0.1) is 12.4 Å². The predicted molar refractivity (Wildman–Crippen MR) is 75.2 cm³/mol. The fourth-order valence-corrected chi connectivity index (χ4v) is 2.15. The fraction of sp³-hybridized carbons (Fsp3) is 0.333. The molecule has 2 rings (SSSR count). The first-order valence-corrected chi connectivity index (χ1v) is 5.79. The Morgan fingerprint density at radius 3 is 2.69 bits per heavy atom. The van der Waals surface area contributed by atoms with Crippen LogP contribution in [0, 0.1) is 0 Å². The van der Waals surface area contributed by atoms with Crippen molar-refractivity contribution in [1.29, 1.82) is 0 Å². The summed E-state index contributed by atoms with van der Waals surface area (Å²) >= 11 is 3.49. The van der Waals surface area contributed by atoms with Crippen LogP contribution < -0.4 is 5.73 Å². The Hall–Kier alpha value is -0.510. The molecule has 0 amide bonds. The van der Waals surface area contributed by atoms with Gasteiger partial charge in [-0.05, 0) is 44.0 Å². The highest BCUT2D eigenvalue weighted by atomic mass is 79.9. The molecular weight excluding hydrogens is 288 g/mol. The molecule has 0 saturated carbocycles. The van der Waals surface area contributed by atoms with Crippen molar-refractivity contribution < 1.29 is 0 Å². The number of aromatic amines is 1. The van der Waals surface area contributed by atoms with Gasteiger partial charge in [-0.3, -0.25) is 0 Å². The summed E-state index contributed by atoms with van der Waals surface area (Å²) in [7, 11) is 0. The molecule has 0 fully saturated rings. The lowest BCUT2D eigenvalue weighted by Crippen LogP contribution is -2.34. The molecule has 0 unspecified atom stereocenters. The normalized spacial score (nSPS) is 11.5. The second-order valence-electron chi connectivity index (χ2n) is 4.67. The first-order chi connectivity index (χ1) is 6.96. The number of aromatic nitrogens is 1. The van der Waals surface area contributed by atoms with E-state index in [1.807, 2.05) is 26.1 Å². The van der Waals surface area contributed by atoms with Crippen LogP contribution in [0.4, 0.5) is 0 Å². The molecule has 0 spiro atoms. The summed E-state index contributed by atoms with van der Waals surface area (Å²) in [5.74, 6) is 0. The Morgan fingerprint density at radius 1 is 1.38 bits per heavy atom. The number of halogens is 2. The van der Waals surface area contributed by atoms with Gasteiger partial charge in [0.2, 0.25) is 0 Å². The Bertz CT molecular complexity index is 485. The molecule has 4 heteroatoms. The minimum absolute atomic E-state index is 0. The second kappa shape index (κ2) is 4.78. The molecule has 0 atom stereocenters. The SMILES string of the molecule is CC(C)(N)Cc1c[nH]c2ccc(Br)cc12.Cl. The van der Waals surface area contributed by atoms with Gasteiger partial charge in [0.25, 0.3) is 0 Å². The maximum absolute atomic E-state index is 6.03. The molecule has 0 radical (unpaired) electrons. The van der Waals surface area contributed by atoms with Gasteiger partial charge in [-0.25, -0.2) is 0 Å². The molecule has 2 aromatic rings. The molecular formula is C12H16BrClN2. The first-order valence-electron chi connectivity index (χ1n) is 5.00. The Morgan fingerprint density at radius 2 is 2.06 bits per heavy atom. The minimum atomic E-state index is -0.169. The van der Waals surface area contributed by atoms with Crippen molar-refractivity contribution in [2.45, 2.75) is 25.8 Å². The quantitative estimate of drug-likeness (QED) is 0.874. The maximum atomic E-state index is 6.03. The summed E-state index contributed by atoms with van der Waals surface area (Å²) in [5, 5.41) is 1.25. The maximum Gasteiger partial charge on any atom is 0.0457 e. The van der Waals surface area contributed by atoms with E-state index in [1.165, 1.54) is 10.9 Å². The van der Waals surface area contributed by atoms with E-state index in [0.717, 1.165) is 16.4 Å². The van der Waals surface area contributed by atoms with Crippen molar-refractivity contribution in [2.24, 2.45) is 5.73 Å². The van der Waals surface area contributed by atoms with E-state index in [2.05, 4.69) is 33.0 Å². The van der Waals surface area contributed by atoms with Gasteiger partial charge in [-0.2, -0.15) is 0 Å². The first kappa shape index (κ1) is 13.6. The van der Waals surface area contributed by atoms with Gasteiger partial charge in [-0.1, -0.05) is 15.9 Å². The zero-order valence-corrected chi connectivity index (χ0v) is 11.8. The summed E-state index contributed by atoms with van der Waals surface area (Å²) in [6.07, 6.45) is 2.93. The number of rotatable bonds is 2. The van der Waals surface area contributed by atoms with Gasteiger partial charge in [0.1, 0.15) is 0 Å². The van der Waals surface area contributed by atoms with E-state index in [0.29, 0.717) is 0 Å². The zero-order valence-electron chi connectivity index (χ0n) is 9.38. The second-order valence-corrected chi connectivity index (χ2v) is 5.58. The van der Waals surface area contributed by atoms with Crippen LogP contribution in [-0.2, 0) is 6.42 Å². The molecule has 0 bridgehead atoms. The number of nitrogens with two attached hydrogens (primary N) is 1. The smallest absolute Gasteiger partial charge is 0.0457 e. The van der Waals surface area contributed by atoms with Crippen LogP contribution in [0.1, 0.15) is 19.4 Å². The fourth-order valence-electron chi connectivity index (χ4n) is 1.79. The zero-order chi connectivity index (χ0) is 11.1. The molecule has 1 aromatic carbocycles. The molecule has 0 aliphatic heterocycles. The lowest BCUT2D eigenvalue weighted by atomic mass is 9.96. The Kier molecular flexibility index (Phi) is 4.05. The molecule has 0 aliphatic rings. The van der Waals surface area contributed by atoms with Gasteiger partial charge in [0, 0.05) is 27.1 Å². The topological polar surface area (TPSA) is 41.8 Å². The van der Waals surface area contributed by atoms with Crippen molar-refractivity contribution in [1.82, 2.24) is 4.98 Å². The minimum Gasteiger partial charge on any atom is -0.361 e. The van der Waals surface area contributed by atoms with Gasteiger partial charge in [0.05, 0.1) is 0 Å². The molecule has 88 valence electrons. The summed E-state index contributed by atoms with van der Waals surface area (Å²) in [4.78, 5) is 3.26. The third-order valence-corrected chi connectivity index (χ3v) is 2.87. The molecule has 0 aliphatic carbocycles. The van der Waals surface area contributed by atoms with E-state index in [-0.39, 0.29) is 17.9 Å². The van der Waals surface area contributed by atoms with Gasteiger partial charge >= 0.3 is 0 Å². The number of hydrogen-bond donors (Lipinski definition) is 2. The Balaban J connectivity index is 0.00000128. The summed E-state index contributed by atoms with van der Waals surface area (Å²) in [5.41, 5.74) is 8.30. The van der Waals surface area contributed by atoms with Crippen molar-refractivity contribution in [3.63, 3.8) is 0 Å². The van der Waals surface area contributed by atoms with Crippen LogP contribution in [0.3, 0.4) is 0 Å². The summed E-state index contributed by atoms with van der Waals surface area (Å²) < 4.78 is 1.10. The van der Waals surface area contributed by atoms with E-state index >= 15 is 0 Å². The highest BCUT2D eigenvalue weighted by Crippen LogP contribution is 2.24. The standard InChI is InChI=1S/C12H15BrN2.ClH/c1-12(2,14)6-8-7-15-11-4-3-9(13)5-10(8)11;/h3-5,7,15H,6,14H2,1-2H3;1H. The van der Waals surface area contributed by atoms with Crippen molar-refractivity contribution in [2.75, 3.05) is 0 Å². The van der Waals surface area contributed by atoms with Crippen LogP contribution in [0.2, 0.25) is 0 Å². The third-order valence-electron chi connectivity index (χ3n) is 2.38. The summed E-state index contributed by atoms with van der Waals surface area (Å²) in [6, 6.07) is 6.25. The van der Waals surface area contributed by atoms with Gasteiger partial charge in [0.15, 0.2) is 0 Å². The lowest BCUT2D eigenvalue weighted by molar-refractivity contribution is 0.518. The molecule has 2 nitrogen and oxygen atoms in total. The highest BCUT2D eigenvalue weighted by molar-refractivity contribution is 9.10. The molecule has 1 heterocycles. The third kappa shape index (κ3) is 3.00. The van der Waals surface area contributed by atoms with E-state index in [9.17, 15) is 0 Å². The van der Waals surface area contributed by atoms with Crippen LogP contribution in [0.15, 0.2) is 28.9 Å². The largest absolute Gasteiger partial charge is 0.361 e. The van der Waals surface area contributed by atoms with Crippen molar-refractivity contribution in [3.05, 3.63) is 34.4 Å². The van der Waals surface area contributed by atoms with E-state index in [1.54, 1.807) is 0 Å². The number of hydrogen-bond acceptors (Lipinski definition) is 1. The van der Waals surface area contributed by atoms with E-state index < -0.39 is 0 Å². The average molecular weight is 304 g/mol. The monoisotopic (exact) mass is 302 g/mol. The van der Waals surface area contributed by atoms with Gasteiger partial charge < -0.3 is 10.7 Å². The molecule has 0 saturated heterocycles.